The van der Waals surface area contributed by atoms with E-state index in [1.54, 1.807) is 28.8 Å². The molecular weight excluding hydrogens is 350 g/mol. The molecule has 2 rings (SSSR count). The largest absolute Gasteiger partial charge is 0.369 e. The van der Waals surface area contributed by atoms with Crippen molar-refractivity contribution >= 4 is 27.7 Å². The molecule has 3 N–H and O–H groups in total. The predicted octanol–water partition coefficient (Wildman–Crippen LogP) is 0.662. The number of nitrogens with zero attached hydrogens (tertiary/aromatic N) is 3. The van der Waals surface area contributed by atoms with E-state index in [2.05, 4.69) is 14.9 Å². The van der Waals surface area contributed by atoms with E-state index in [9.17, 15) is 13.2 Å². The monoisotopic (exact) mass is 369 g/mol. The lowest BCUT2D eigenvalue weighted by molar-refractivity contribution is -0.115. The van der Waals surface area contributed by atoms with Gasteiger partial charge in [0, 0.05) is 6.54 Å². The van der Waals surface area contributed by atoms with Gasteiger partial charge in [0.25, 0.3) is 0 Å². The quantitative estimate of drug-likeness (QED) is 0.660. The predicted molar refractivity (Wildman–Crippen MR) is 90.8 cm³/mol. The minimum atomic E-state index is -3.63. The van der Waals surface area contributed by atoms with E-state index < -0.39 is 15.9 Å². The molecule has 10 heteroatoms. The molecule has 0 saturated heterocycles. The molecule has 0 bridgehead atoms. The highest BCUT2D eigenvalue weighted by Crippen LogP contribution is 2.17. The summed E-state index contributed by atoms with van der Waals surface area (Å²) in [5, 5.41) is 8.49. The molecule has 0 aliphatic heterocycles. The van der Waals surface area contributed by atoms with Crippen LogP contribution in [0.4, 0.5) is 0 Å². The molecule has 0 aliphatic rings. The Morgan fingerprint density at radius 2 is 1.96 bits per heavy atom. The first kappa shape index (κ1) is 18.4. The summed E-state index contributed by atoms with van der Waals surface area (Å²) in [5.41, 5.74) is 6.10. The second-order valence-corrected chi connectivity index (χ2v) is 7.75. The summed E-state index contributed by atoms with van der Waals surface area (Å²) >= 11 is 1.17. The maximum absolute atomic E-state index is 12.3. The topological polar surface area (TPSA) is 120 Å². The number of carbonyl (C=O) groups is 1. The van der Waals surface area contributed by atoms with Crippen molar-refractivity contribution in [1.82, 2.24) is 19.5 Å². The third kappa shape index (κ3) is 4.56. The van der Waals surface area contributed by atoms with Gasteiger partial charge in [-0.05, 0) is 26.0 Å². The van der Waals surface area contributed by atoms with Gasteiger partial charge in [0.15, 0.2) is 5.16 Å². The third-order valence-electron chi connectivity index (χ3n) is 3.20. The van der Waals surface area contributed by atoms with Crippen molar-refractivity contribution in [3.63, 3.8) is 0 Å². The zero-order chi connectivity index (χ0) is 17.7. The second-order valence-electron chi connectivity index (χ2n) is 5.04. The fourth-order valence-corrected chi connectivity index (χ4v) is 3.71. The fourth-order valence-electron chi connectivity index (χ4n) is 1.97. The summed E-state index contributed by atoms with van der Waals surface area (Å²) in [5.74, 6) is 0.111. The van der Waals surface area contributed by atoms with Gasteiger partial charge >= 0.3 is 0 Å². The average Bonchev–Trinajstić information content (AvgIpc) is 2.93. The number of aromatic nitrogens is 3. The molecule has 130 valence electrons. The lowest BCUT2D eigenvalue weighted by Crippen LogP contribution is -2.25. The molecule has 8 nitrogen and oxygen atoms in total. The van der Waals surface area contributed by atoms with Gasteiger partial charge in [-0.3, -0.25) is 4.79 Å². The number of sulfonamides is 1. The lowest BCUT2D eigenvalue weighted by Gasteiger charge is -2.09. The van der Waals surface area contributed by atoms with Gasteiger partial charge in [0.1, 0.15) is 5.82 Å². The Labute approximate surface area is 144 Å². The van der Waals surface area contributed by atoms with Crippen LogP contribution in [-0.4, -0.2) is 34.8 Å². The number of hydrogen-bond donors (Lipinski definition) is 2. The van der Waals surface area contributed by atoms with Crippen molar-refractivity contribution in [2.75, 3.05) is 5.75 Å². The average molecular weight is 369 g/mol. The Bertz CT molecular complexity index is 815. The second kappa shape index (κ2) is 7.77. The van der Waals surface area contributed by atoms with E-state index in [4.69, 9.17) is 5.73 Å². The van der Waals surface area contributed by atoms with Crippen LogP contribution in [0.5, 0.6) is 0 Å². The highest BCUT2D eigenvalue weighted by atomic mass is 32.2. The molecule has 0 unspecified atom stereocenters. The van der Waals surface area contributed by atoms with Crippen LogP contribution in [0.25, 0.3) is 0 Å². The number of thioether (sulfide) groups is 1. The number of amides is 1. The van der Waals surface area contributed by atoms with E-state index >= 15 is 0 Å². The Morgan fingerprint density at radius 3 is 2.54 bits per heavy atom. The molecular formula is C14H19N5O3S2. The molecule has 1 aromatic carbocycles. The first-order chi connectivity index (χ1) is 11.3. The first-order valence-electron chi connectivity index (χ1n) is 7.23. The van der Waals surface area contributed by atoms with Crippen LogP contribution >= 0.6 is 11.8 Å². The van der Waals surface area contributed by atoms with Gasteiger partial charge in [-0.2, -0.15) is 0 Å². The number of nitrogens with one attached hydrogen (secondary N) is 1. The van der Waals surface area contributed by atoms with Crippen molar-refractivity contribution in [1.29, 1.82) is 0 Å². The summed E-state index contributed by atoms with van der Waals surface area (Å²) in [7, 11) is -3.63. The number of hydrogen-bond acceptors (Lipinski definition) is 6. The van der Waals surface area contributed by atoms with Gasteiger partial charge in [-0.15, -0.1) is 10.2 Å². The maximum Gasteiger partial charge on any atom is 0.240 e. The molecule has 2 aromatic rings. The minimum Gasteiger partial charge on any atom is -0.369 e. The highest BCUT2D eigenvalue weighted by molar-refractivity contribution is 7.99. The molecule has 24 heavy (non-hydrogen) atoms. The normalized spacial score (nSPS) is 11.6. The number of nitrogens with two attached hydrogens (primary N) is 1. The van der Waals surface area contributed by atoms with Gasteiger partial charge in [0.2, 0.25) is 15.9 Å². The summed E-state index contributed by atoms with van der Waals surface area (Å²) in [6.07, 6.45) is 0. The highest BCUT2D eigenvalue weighted by Gasteiger charge is 2.17. The van der Waals surface area contributed by atoms with E-state index in [1.165, 1.54) is 11.8 Å². The van der Waals surface area contributed by atoms with Crippen LogP contribution in [0, 0.1) is 6.92 Å². The fraction of sp³-hybridized carbons (Fsp3) is 0.357. The summed E-state index contributed by atoms with van der Waals surface area (Å²) in [6, 6.07) is 6.58. The Balaban J connectivity index is 2.11. The molecule has 1 heterocycles. The lowest BCUT2D eigenvalue weighted by atomic mass is 10.2. The van der Waals surface area contributed by atoms with Gasteiger partial charge in [0.05, 0.1) is 17.2 Å². The summed E-state index contributed by atoms with van der Waals surface area (Å²) < 4.78 is 28.9. The van der Waals surface area contributed by atoms with Crippen molar-refractivity contribution in [3.8, 4) is 0 Å². The summed E-state index contributed by atoms with van der Waals surface area (Å²) in [4.78, 5) is 11.1. The Kier molecular flexibility index (Phi) is 5.97. The van der Waals surface area contributed by atoms with Crippen LogP contribution < -0.4 is 10.5 Å². The molecule has 0 fully saturated rings. The molecule has 0 spiro atoms. The van der Waals surface area contributed by atoms with Crippen molar-refractivity contribution < 1.29 is 13.2 Å². The number of carbonyl (C=O) groups excluding carboxylic acids is 1. The number of primary amides is 1. The number of rotatable bonds is 8. The molecule has 1 aromatic heterocycles. The van der Waals surface area contributed by atoms with Crippen LogP contribution in [0.3, 0.4) is 0 Å². The third-order valence-corrected chi connectivity index (χ3v) is 5.61. The van der Waals surface area contributed by atoms with E-state index in [1.807, 2.05) is 13.8 Å². The van der Waals surface area contributed by atoms with Crippen LogP contribution in [0.15, 0.2) is 34.3 Å². The standard InChI is InChI=1S/C14H19N5O3S2/c1-3-19-13(17-18-14(19)23-9-12(15)20)8-16-24(21,22)11-6-4-10(2)5-7-11/h4-7,16H,3,8-9H2,1-2H3,(H2,15,20). The Hall–Kier alpha value is -1.91. The van der Waals surface area contributed by atoms with Crippen molar-refractivity contribution in [2.24, 2.45) is 5.73 Å². The molecule has 0 atom stereocenters. The minimum absolute atomic E-state index is 0.00812. The zero-order valence-corrected chi connectivity index (χ0v) is 15.0. The van der Waals surface area contributed by atoms with E-state index in [0.29, 0.717) is 17.5 Å². The number of aryl methyl sites for hydroxylation is 1. The van der Waals surface area contributed by atoms with Crippen LogP contribution in [0.1, 0.15) is 18.3 Å². The van der Waals surface area contributed by atoms with Crippen LogP contribution in [0.2, 0.25) is 0 Å². The molecule has 1 amide bonds. The smallest absolute Gasteiger partial charge is 0.240 e. The van der Waals surface area contributed by atoms with Gasteiger partial charge in [-0.25, -0.2) is 13.1 Å². The zero-order valence-electron chi connectivity index (χ0n) is 13.4. The maximum atomic E-state index is 12.3. The first-order valence-corrected chi connectivity index (χ1v) is 9.70. The molecule has 0 saturated carbocycles. The molecule has 0 radical (unpaired) electrons. The summed E-state index contributed by atoms with van der Waals surface area (Å²) in [6.45, 7) is 4.33. The van der Waals surface area contributed by atoms with Crippen molar-refractivity contribution in [2.45, 2.75) is 37.0 Å². The SMILES string of the molecule is CCn1c(CNS(=O)(=O)c2ccc(C)cc2)nnc1SCC(N)=O. The molecule has 0 aliphatic carbocycles. The van der Waals surface area contributed by atoms with Crippen LogP contribution in [-0.2, 0) is 27.9 Å². The van der Waals surface area contributed by atoms with Crippen molar-refractivity contribution in [3.05, 3.63) is 35.7 Å². The van der Waals surface area contributed by atoms with E-state index in [0.717, 1.165) is 5.56 Å². The Morgan fingerprint density at radius 1 is 1.29 bits per heavy atom. The van der Waals surface area contributed by atoms with E-state index in [-0.39, 0.29) is 17.2 Å². The number of benzene rings is 1. The van der Waals surface area contributed by atoms with Gasteiger partial charge < -0.3 is 10.3 Å². The van der Waals surface area contributed by atoms with Gasteiger partial charge in [-0.1, -0.05) is 29.5 Å².